The lowest BCUT2D eigenvalue weighted by Gasteiger charge is -2.28. The van der Waals surface area contributed by atoms with Crippen LogP contribution in [0.1, 0.15) is 13.8 Å². The number of fused-ring (bicyclic) bond motifs is 1. The van der Waals surface area contributed by atoms with Crippen LogP contribution < -0.4 is 20.7 Å². The van der Waals surface area contributed by atoms with Gasteiger partial charge in [0.1, 0.15) is 12.4 Å². The second-order valence-corrected chi connectivity index (χ2v) is 5.13. The quantitative estimate of drug-likeness (QED) is 0.826. The Labute approximate surface area is 107 Å². The summed E-state index contributed by atoms with van der Waals surface area (Å²) in [6.45, 7) is 4.88. The molecule has 0 unspecified atom stereocenters. The summed E-state index contributed by atoms with van der Waals surface area (Å²) >= 11 is 0. The van der Waals surface area contributed by atoms with Crippen LogP contribution in [0.4, 0.5) is 11.4 Å². The van der Waals surface area contributed by atoms with Gasteiger partial charge in [-0.2, -0.15) is 0 Å². The molecule has 5 heteroatoms. The molecule has 0 atom stereocenters. The molecular weight excluding hydrogens is 230 g/mol. The first-order valence-corrected chi connectivity index (χ1v) is 5.96. The van der Waals surface area contributed by atoms with E-state index in [-0.39, 0.29) is 5.91 Å². The lowest BCUT2D eigenvalue weighted by atomic mass is 10.1. The van der Waals surface area contributed by atoms with E-state index in [4.69, 9.17) is 10.5 Å². The Kier molecular flexibility index (Phi) is 3.17. The second-order valence-electron chi connectivity index (χ2n) is 5.13. The standard InChI is InChI=1S/C13H19N3O2/c1-13(2,14)12(17)15-9-4-5-11-10(8-9)16(3)6-7-18-11/h4-5,8H,6-7,14H2,1-3H3,(H,15,17). The van der Waals surface area contributed by atoms with Gasteiger partial charge in [0, 0.05) is 12.7 Å². The van der Waals surface area contributed by atoms with Crippen LogP contribution in [-0.2, 0) is 4.79 Å². The maximum Gasteiger partial charge on any atom is 0.243 e. The maximum absolute atomic E-state index is 11.8. The maximum atomic E-state index is 11.8. The van der Waals surface area contributed by atoms with Crippen molar-refractivity contribution in [3.05, 3.63) is 18.2 Å². The molecule has 0 spiro atoms. The highest BCUT2D eigenvalue weighted by molar-refractivity contribution is 5.97. The van der Waals surface area contributed by atoms with E-state index in [1.807, 2.05) is 25.2 Å². The molecular formula is C13H19N3O2. The minimum Gasteiger partial charge on any atom is -0.490 e. The lowest BCUT2D eigenvalue weighted by Crippen LogP contribution is -2.45. The number of likely N-dealkylation sites (N-methyl/N-ethyl adjacent to an activating group) is 1. The minimum atomic E-state index is -0.891. The number of nitrogens with one attached hydrogen (secondary N) is 1. The molecule has 0 bridgehead atoms. The molecule has 1 aliphatic rings. The van der Waals surface area contributed by atoms with E-state index in [9.17, 15) is 4.79 Å². The fourth-order valence-corrected chi connectivity index (χ4v) is 1.72. The molecule has 2 rings (SSSR count). The van der Waals surface area contributed by atoms with Crippen molar-refractivity contribution in [3.63, 3.8) is 0 Å². The third-order valence-electron chi connectivity index (χ3n) is 2.90. The van der Waals surface area contributed by atoms with Gasteiger partial charge in [-0.1, -0.05) is 0 Å². The number of ether oxygens (including phenoxy) is 1. The van der Waals surface area contributed by atoms with Gasteiger partial charge in [0.15, 0.2) is 0 Å². The summed E-state index contributed by atoms with van der Waals surface area (Å²) < 4.78 is 5.54. The third-order valence-corrected chi connectivity index (χ3v) is 2.90. The van der Waals surface area contributed by atoms with E-state index in [0.717, 1.165) is 23.7 Å². The molecule has 98 valence electrons. The van der Waals surface area contributed by atoms with Gasteiger partial charge in [-0.15, -0.1) is 0 Å². The number of nitrogens with zero attached hydrogens (tertiary/aromatic N) is 1. The van der Waals surface area contributed by atoms with Crippen molar-refractivity contribution in [2.45, 2.75) is 19.4 Å². The summed E-state index contributed by atoms with van der Waals surface area (Å²) in [5, 5.41) is 2.81. The normalized spacial score (nSPS) is 14.8. The van der Waals surface area contributed by atoms with Gasteiger partial charge in [-0.25, -0.2) is 0 Å². The molecule has 1 amide bonds. The zero-order valence-corrected chi connectivity index (χ0v) is 11.0. The molecule has 0 fully saturated rings. The minimum absolute atomic E-state index is 0.207. The van der Waals surface area contributed by atoms with Crippen LogP contribution in [0.25, 0.3) is 0 Å². The van der Waals surface area contributed by atoms with Crippen molar-refractivity contribution in [1.29, 1.82) is 0 Å². The number of rotatable bonds is 2. The van der Waals surface area contributed by atoms with E-state index in [2.05, 4.69) is 10.2 Å². The van der Waals surface area contributed by atoms with Gasteiger partial charge in [-0.3, -0.25) is 4.79 Å². The molecule has 1 aromatic rings. The van der Waals surface area contributed by atoms with E-state index >= 15 is 0 Å². The fourth-order valence-electron chi connectivity index (χ4n) is 1.72. The molecule has 1 heterocycles. The summed E-state index contributed by atoms with van der Waals surface area (Å²) in [5.74, 6) is 0.635. The van der Waals surface area contributed by atoms with Crippen LogP contribution in [0.15, 0.2) is 18.2 Å². The predicted octanol–water partition coefficient (Wildman–Crippen LogP) is 1.19. The largest absolute Gasteiger partial charge is 0.490 e. The summed E-state index contributed by atoms with van der Waals surface area (Å²) in [5.41, 5.74) is 6.57. The molecule has 0 aliphatic carbocycles. The van der Waals surface area contributed by atoms with Gasteiger partial charge in [0.2, 0.25) is 5.91 Å². The topological polar surface area (TPSA) is 67.6 Å². The van der Waals surface area contributed by atoms with Gasteiger partial charge in [0.25, 0.3) is 0 Å². The van der Waals surface area contributed by atoms with Crippen molar-refractivity contribution < 1.29 is 9.53 Å². The van der Waals surface area contributed by atoms with Crippen molar-refractivity contribution in [2.24, 2.45) is 5.73 Å². The number of benzene rings is 1. The first-order valence-electron chi connectivity index (χ1n) is 5.96. The number of carbonyl (C=O) groups is 1. The zero-order chi connectivity index (χ0) is 13.3. The number of carbonyl (C=O) groups excluding carboxylic acids is 1. The van der Waals surface area contributed by atoms with Crippen LogP contribution in [0.3, 0.4) is 0 Å². The first-order chi connectivity index (χ1) is 8.38. The van der Waals surface area contributed by atoms with Crippen LogP contribution in [0.2, 0.25) is 0 Å². The molecule has 0 saturated heterocycles. The lowest BCUT2D eigenvalue weighted by molar-refractivity contribution is -0.120. The van der Waals surface area contributed by atoms with Gasteiger partial charge in [-0.05, 0) is 32.0 Å². The smallest absolute Gasteiger partial charge is 0.243 e. The monoisotopic (exact) mass is 249 g/mol. The number of amides is 1. The van der Waals surface area contributed by atoms with E-state index < -0.39 is 5.54 Å². The van der Waals surface area contributed by atoms with Crippen LogP contribution in [0.5, 0.6) is 5.75 Å². The van der Waals surface area contributed by atoms with Crippen molar-refractivity contribution in [1.82, 2.24) is 0 Å². The summed E-state index contributed by atoms with van der Waals surface area (Å²) in [6.07, 6.45) is 0. The highest BCUT2D eigenvalue weighted by Gasteiger charge is 2.22. The van der Waals surface area contributed by atoms with Gasteiger partial charge >= 0.3 is 0 Å². The van der Waals surface area contributed by atoms with Gasteiger partial charge < -0.3 is 20.7 Å². The summed E-state index contributed by atoms with van der Waals surface area (Å²) in [4.78, 5) is 13.9. The summed E-state index contributed by atoms with van der Waals surface area (Å²) in [7, 11) is 2.00. The Hall–Kier alpha value is -1.75. The average Bonchev–Trinajstić information content (AvgIpc) is 2.29. The molecule has 0 radical (unpaired) electrons. The molecule has 1 aliphatic heterocycles. The molecule has 5 nitrogen and oxygen atoms in total. The van der Waals surface area contributed by atoms with E-state index in [1.165, 1.54) is 0 Å². The van der Waals surface area contributed by atoms with E-state index in [1.54, 1.807) is 13.8 Å². The second kappa shape index (κ2) is 4.49. The highest BCUT2D eigenvalue weighted by atomic mass is 16.5. The molecule has 0 aromatic heterocycles. The van der Waals surface area contributed by atoms with Crippen molar-refractivity contribution in [2.75, 3.05) is 30.4 Å². The molecule has 3 N–H and O–H groups in total. The average molecular weight is 249 g/mol. The van der Waals surface area contributed by atoms with Crippen LogP contribution in [-0.4, -0.2) is 31.6 Å². The first kappa shape index (κ1) is 12.7. The Bertz CT molecular complexity index is 466. The fraction of sp³-hybridized carbons (Fsp3) is 0.462. The Morgan fingerprint density at radius 2 is 2.22 bits per heavy atom. The van der Waals surface area contributed by atoms with Crippen molar-refractivity contribution in [3.8, 4) is 5.75 Å². The summed E-state index contributed by atoms with van der Waals surface area (Å²) in [6, 6.07) is 5.59. The predicted molar refractivity (Wildman–Crippen MR) is 72.1 cm³/mol. The van der Waals surface area contributed by atoms with Crippen LogP contribution in [0, 0.1) is 0 Å². The number of nitrogens with two attached hydrogens (primary N) is 1. The number of anilines is 2. The zero-order valence-electron chi connectivity index (χ0n) is 11.0. The third kappa shape index (κ3) is 2.56. The SMILES string of the molecule is CN1CCOc2ccc(NC(=O)C(C)(C)N)cc21. The molecule has 18 heavy (non-hydrogen) atoms. The van der Waals surface area contributed by atoms with Crippen molar-refractivity contribution >= 4 is 17.3 Å². The number of hydrogen-bond donors (Lipinski definition) is 2. The Balaban J connectivity index is 2.21. The Morgan fingerprint density at radius 1 is 1.50 bits per heavy atom. The Morgan fingerprint density at radius 3 is 2.89 bits per heavy atom. The van der Waals surface area contributed by atoms with Crippen LogP contribution >= 0.6 is 0 Å². The highest BCUT2D eigenvalue weighted by Crippen LogP contribution is 2.33. The molecule has 0 saturated carbocycles. The van der Waals surface area contributed by atoms with E-state index in [0.29, 0.717) is 6.61 Å². The van der Waals surface area contributed by atoms with Gasteiger partial charge in [0.05, 0.1) is 17.8 Å². The number of hydrogen-bond acceptors (Lipinski definition) is 4. The molecule has 1 aromatic carbocycles.